The minimum absolute atomic E-state index is 0.00374. The van der Waals surface area contributed by atoms with Crippen molar-refractivity contribution in [2.75, 3.05) is 20.8 Å². The minimum Gasteiger partial charge on any atom is -0.460 e. The Morgan fingerprint density at radius 2 is 1.55 bits per heavy atom. The molecule has 3 heterocycles. The summed E-state index contributed by atoms with van der Waals surface area (Å²) >= 11 is 1.92. The standard InChI is InChI=1S/C50H78INO12/c1-30-15-11-10-12-16-31(2)44(60-8)27-38-20-18-36(7)50(59,63-38)47(56)48(57)52-22-14-13-17-39(52)49(58)62-45(35(6)25-37-19-21-43(64-51)46(26-37)61-9)29-42(55)34(5)24-33(4)41(54)28-40(53)32(3)23-30/h10-12,15-16,30,32-39,41,43-46,54,59H,13-14,17-29H2,1-9H3/b12-10+,15-11+,31-16+/t30-,32-,33?,34-,35-,36-,37+,38+,39+,41+,43-,44+,45+,46-,50-/m1/s1. The molecule has 15 atom stereocenters. The number of fused-ring (bicyclic) bond motifs is 3. The largest absolute Gasteiger partial charge is 0.460 e. The predicted octanol–water partition coefficient (Wildman–Crippen LogP) is 8.01. The normalized spacial score (nSPS) is 40.1. The fourth-order valence-corrected chi connectivity index (χ4v) is 10.8. The molecule has 0 aromatic rings. The topological polar surface area (TPSA) is 175 Å². The third-order valence-corrected chi connectivity index (χ3v) is 15.3. The summed E-state index contributed by atoms with van der Waals surface area (Å²) in [6.07, 6.45) is 13.6. The first kappa shape index (κ1) is 54.3. The number of hydrogen-bond donors (Lipinski definition) is 2. The summed E-state index contributed by atoms with van der Waals surface area (Å²) in [4.78, 5) is 71.4. The number of ether oxygens (including phenoxy) is 4. The molecule has 4 aliphatic rings. The number of nitrogens with zero attached hydrogens (tertiary/aromatic N) is 1. The Morgan fingerprint density at radius 1 is 0.844 bits per heavy atom. The summed E-state index contributed by atoms with van der Waals surface area (Å²) in [6, 6.07) is -1.09. The number of rotatable bonds is 6. The molecule has 1 saturated carbocycles. The maximum absolute atomic E-state index is 14.4. The highest BCUT2D eigenvalue weighted by Gasteiger charge is 2.53. The second-order valence-electron chi connectivity index (χ2n) is 19.8. The van der Waals surface area contributed by atoms with E-state index in [1.165, 1.54) is 4.90 Å². The van der Waals surface area contributed by atoms with Crippen molar-refractivity contribution in [3.63, 3.8) is 0 Å². The number of halogens is 1. The van der Waals surface area contributed by atoms with Gasteiger partial charge in [0.25, 0.3) is 11.7 Å². The van der Waals surface area contributed by atoms with E-state index < -0.39 is 65.7 Å². The Bertz CT molecular complexity index is 1670. The average molecular weight is 1010 g/mol. The SMILES string of the molecule is CO[C@H]1C[C@@H]2CC[C@@H](C)[C@@](O)(O2)C(=O)C(=O)N2CCCC[C@H]2C(=O)O[C@H]([C@H](C)C[C@@H]2CC[C@@H](OI)[C@H](OC)C2)CC(=O)[C@H](C)CC(C)[C@@H](O)CC(=O)[C@H](C)C[C@H](C)/C=C/C=C/C=C/1C. The van der Waals surface area contributed by atoms with Crippen molar-refractivity contribution in [1.82, 2.24) is 4.90 Å². The quantitative estimate of drug-likeness (QED) is 0.149. The van der Waals surface area contributed by atoms with Gasteiger partial charge >= 0.3 is 5.97 Å². The number of hydrogen-bond acceptors (Lipinski definition) is 12. The number of Topliss-reactive ketones (excluding diaryl/α,β-unsaturated/α-hetero) is 3. The third kappa shape index (κ3) is 14.8. The number of aliphatic hydroxyl groups excluding tert-OH is 1. The van der Waals surface area contributed by atoms with E-state index in [9.17, 15) is 34.2 Å². The van der Waals surface area contributed by atoms with Crippen molar-refractivity contribution in [3.05, 3.63) is 36.0 Å². The Hall–Kier alpha value is -2.34. The minimum atomic E-state index is -2.40. The highest BCUT2D eigenvalue weighted by atomic mass is 127. The van der Waals surface area contributed by atoms with Crippen LogP contribution in [-0.4, -0.2) is 114 Å². The Morgan fingerprint density at radius 3 is 2.23 bits per heavy atom. The summed E-state index contributed by atoms with van der Waals surface area (Å²) < 4.78 is 29.7. The summed E-state index contributed by atoms with van der Waals surface area (Å²) in [5, 5.41) is 23.1. The van der Waals surface area contributed by atoms with Gasteiger partial charge in [-0.1, -0.05) is 71.9 Å². The van der Waals surface area contributed by atoms with Gasteiger partial charge < -0.3 is 37.1 Å². The molecule has 14 heteroatoms. The monoisotopic (exact) mass is 1010 g/mol. The number of carbonyl (C=O) groups excluding carboxylic acids is 5. The summed E-state index contributed by atoms with van der Waals surface area (Å²) in [5.74, 6) is -7.08. The van der Waals surface area contributed by atoms with Crippen molar-refractivity contribution >= 4 is 52.2 Å². The fourth-order valence-electron chi connectivity index (χ4n) is 10.2. The lowest BCUT2D eigenvalue weighted by Gasteiger charge is -2.42. The van der Waals surface area contributed by atoms with Gasteiger partial charge in [0.1, 0.15) is 46.7 Å². The van der Waals surface area contributed by atoms with Crippen molar-refractivity contribution in [3.8, 4) is 0 Å². The van der Waals surface area contributed by atoms with E-state index in [-0.39, 0.29) is 79.2 Å². The molecule has 3 aliphatic heterocycles. The maximum Gasteiger partial charge on any atom is 0.329 e. The molecule has 2 saturated heterocycles. The lowest BCUT2D eigenvalue weighted by atomic mass is 9.78. The van der Waals surface area contributed by atoms with E-state index in [1.54, 1.807) is 28.1 Å². The van der Waals surface area contributed by atoms with Gasteiger partial charge in [0.05, 0.1) is 30.5 Å². The van der Waals surface area contributed by atoms with Gasteiger partial charge in [-0.15, -0.1) is 0 Å². The molecule has 4 rings (SSSR count). The van der Waals surface area contributed by atoms with Gasteiger partial charge in [0, 0.05) is 57.8 Å². The molecule has 2 bridgehead atoms. The number of piperidine rings is 1. The smallest absolute Gasteiger partial charge is 0.329 e. The Balaban J connectivity index is 1.65. The lowest BCUT2D eigenvalue weighted by molar-refractivity contribution is -0.265. The van der Waals surface area contributed by atoms with Crippen molar-refractivity contribution < 1.29 is 56.2 Å². The van der Waals surface area contributed by atoms with Crippen molar-refractivity contribution in [2.45, 2.75) is 187 Å². The molecule has 0 aromatic carbocycles. The van der Waals surface area contributed by atoms with E-state index in [2.05, 4.69) is 0 Å². The first-order chi connectivity index (χ1) is 30.3. The Kier molecular flexibility index (Phi) is 21.8. The first-order valence-corrected chi connectivity index (χ1v) is 24.7. The molecule has 0 spiro atoms. The van der Waals surface area contributed by atoms with Crippen LogP contribution in [0.2, 0.25) is 0 Å². The molecule has 3 fully saturated rings. The van der Waals surface area contributed by atoms with Gasteiger partial charge in [0.2, 0.25) is 5.79 Å². The highest BCUT2D eigenvalue weighted by Crippen LogP contribution is 2.38. The second-order valence-corrected chi connectivity index (χ2v) is 20.3. The zero-order chi connectivity index (χ0) is 47.3. The molecule has 1 amide bonds. The zero-order valence-corrected chi connectivity index (χ0v) is 42.0. The number of carbonyl (C=O) groups is 5. The molecule has 1 aliphatic carbocycles. The van der Waals surface area contributed by atoms with Crippen LogP contribution in [0.15, 0.2) is 36.0 Å². The maximum atomic E-state index is 14.4. The predicted molar refractivity (Wildman–Crippen MR) is 252 cm³/mol. The molecular formula is C50H78INO12. The van der Waals surface area contributed by atoms with E-state index >= 15 is 0 Å². The molecule has 362 valence electrons. The molecule has 64 heavy (non-hydrogen) atoms. The Labute approximate surface area is 396 Å². The number of methoxy groups -OCH3 is 2. The van der Waals surface area contributed by atoms with Crippen molar-refractivity contribution in [1.29, 1.82) is 0 Å². The summed E-state index contributed by atoms with van der Waals surface area (Å²) in [5.41, 5.74) is 0.903. The number of cyclic esters (lactones) is 1. The van der Waals surface area contributed by atoms with Crippen LogP contribution in [-0.2, 0) is 46.0 Å². The van der Waals surface area contributed by atoms with Crippen LogP contribution < -0.4 is 0 Å². The summed E-state index contributed by atoms with van der Waals surface area (Å²) in [7, 11) is 3.26. The number of ketones is 3. The molecular weight excluding hydrogens is 933 g/mol. The lowest BCUT2D eigenvalue weighted by Crippen LogP contribution is -2.61. The van der Waals surface area contributed by atoms with Crippen LogP contribution >= 0.6 is 23.0 Å². The van der Waals surface area contributed by atoms with Gasteiger partial charge in [-0.3, -0.25) is 19.2 Å². The van der Waals surface area contributed by atoms with Crippen LogP contribution in [0.3, 0.4) is 0 Å². The molecule has 0 radical (unpaired) electrons. The van der Waals surface area contributed by atoms with Gasteiger partial charge in [-0.25, -0.2) is 4.79 Å². The van der Waals surface area contributed by atoms with Gasteiger partial charge in [-0.2, -0.15) is 0 Å². The number of esters is 1. The van der Waals surface area contributed by atoms with E-state index in [0.717, 1.165) is 24.8 Å². The average Bonchev–Trinajstić information content (AvgIpc) is 3.27. The van der Waals surface area contributed by atoms with E-state index in [4.69, 9.17) is 22.0 Å². The van der Waals surface area contributed by atoms with E-state index in [0.29, 0.717) is 51.4 Å². The number of aliphatic hydroxyl groups is 2. The van der Waals surface area contributed by atoms with Crippen LogP contribution in [0.1, 0.15) is 138 Å². The van der Waals surface area contributed by atoms with E-state index in [1.807, 2.05) is 88.0 Å². The van der Waals surface area contributed by atoms with Crippen LogP contribution in [0, 0.1) is 41.4 Å². The summed E-state index contributed by atoms with van der Waals surface area (Å²) in [6.45, 7) is 13.3. The molecule has 13 nitrogen and oxygen atoms in total. The van der Waals surface area contributed by atoms with Crippen LogP contribution in [0.5, 0.6) is 0 Å². The van der Waals surface area contributed by atoms with Gasteiger partial charge in [-0.05, 0) is 107 Å². The third-order valence-electron chi connectivity index (χ3n) is 14.7. The zero-order valence-electron chi connectivity index (χ0n) is 39.9. The number of allylic oxidation sites excluding steroid dienone is 5. The van der Waals surface area contributed by atoms with Gasteiger partial charge in [0.15, 0.2) is 0 Å². The fraction of sp³-hybridized carbons (Fsp3) is 0.780. The molecule has 0 aromatic heterocycles. The highest BCUT2D eigenvalue weighted by molar-refractivity contribution is 14.1. The molecule has 1 unspecified atom stereocenters. The second kappa shape index (κ2) is 25.7. The first-order valence-electron chi connectivity index (χ1n) is 23.9. The molecule has 2 N–H and O–H groups in total. The van der Waals surface area contributed by atoms with Crippen LogP contribution in [0.25, 0.3) is 0 Å². The van der Waals surface area contributed by atoms with Crippen LogP contribution in [0.4, 0.5) is 0 Å². The van der Waals surface area contributed by atoms with Crippen molar-refractivity contribution in [2.24, 2.45) is 41.4 Å². The number of amides is 1.